The summed E-state index contributed by atoms with van der Waals surface area (Å²) >= 11 is 0. The number of nitrogens with two attached hydrogens (primary N) is 1. The van der Waals surface area contributed by atoms with E-state index >= 15 is 0 Å². The number of aromatic nitrogens is 2. The van der Waals surface area contributed by atoms with Crippen molar-refractivity contribution in [3.8, 4) is 5.69 Å². The Morgan fingerprint density at radius 3 is 2.77 bits per heavy atom. The first-order valence-corrected chi connectivity index (χ1v) is 9.12. The Bertz CT molecular complexity index is 1020. The van der Waals surface area contributed by atoms with Crippen LogP contribution in [-0.2, 0) is 5.41 Å². The fourth-order valence-electron chi connectivity index (χ4n) is 4.81. The van der Waals surface area contributed by atoms with Gasteiger partial charge in [0.1, 0.15) is 5.52 Å². The molecule has 0 spiro atoms. The highest BCUT2D eigenvalue weighted by Crippen LogP contribution is 2.67. The van der Waals surface area contributed by atoms with Crippen molar-refractivity contribution in [2.45, 2.75) is 25.2 Å². The Morgan fingerprint density at radius 2 is 2.04 bits per heavy atom. The van der Waals surface area contributed by atoms with Gasteiger partial charge in [-0.05, 0) is 48.6 Å². The molecule has 2 fully saturated rings. The zero-order chi connectivity index (χ0) is 17.9. The van der Waals surface area contributed by atoms with Crippen LogP contribution >= 0.6 is 0 Å². The lowest BCUT2D eigenvalue weighted by Crippen LogP contribution is -2.36. The summed E-state index contributed by atoms with van der Waals surface area (Å²) in [5.41, 5.74) is 9.73. The van der Waals surface area contributed by atoms with E-state index in [0.29, 0.717) is 21.9 Å². The molecule has 0 bridgehead atoms. The van der Waals surface area contributed by atoms with Crippen molar-refractivity contribution in [3.05, 3.63) is 59.8 Å². The van der Waals surface area contributed by atoms with E-state index in [1.54, 1.807) is 6.07 Å². The Hall–Kier alpha value is -2.66. The molecule has 2 heterocycles. The lowest BCUT2D eigenvalue weighted by Gasteiger charge is -2.29. The van der Waals surface area contributed by atoms with Crippen LogP contribution in [-0.4, -0.2) is 28.8 Å². The first-order chi connectivity index (χ1) is 12.5. The molecule has 26 heavy (non-hydrogen) atoms. The van der Waals surface area contributed by atoms with E-state index in [4.69, 9.17) is 5.73 Å². The molecule has 2 aliphatic rings. The number of carbonyl (C=O) groups is 1. The SMILES string of the molecule is CC12CNCCC1(c1ccc(-n3cc4cccc(C(N)=O)c4n3)cc1)C2. The molecule has 2 aromatic carbocycles. The number of carbonyl (C=O) groups excluding carboxylic acids is 1. The van der Waals surface area contributed by atoms with Gasteiger partial charge in [0.2, 0.25) is 0 Å². The van der Waals surface area contributed by atoms with E-state index in [-0.39, 0.29) is 0 Å². The molecule has 3 N–H and O–H groups in total. The van der Waals surface area contributed by atoms with Crippen molar-refractivity contribution < 1.29 is 4.79 Å². The molecule has 5 heteroatoms. The second-order valence-corrected chi connectivity index (χ2v) is 7.97. The van der Waals surface area contributed by atoms with Crippen LogP contribution in [0.2, 0.25) is 0 Å². The van der Waals surface area contributed by atoms with Crippen LogP contribution < -0.4 is 11.1 Å². The largest absolute Gasteiger partial charge is 0.366 e. The van der Waals surface area contributed by atoms with Gasteiger partial charge in [-0.2, -0.15) is 5.10 Å². The third kappa shape index (κ3) is 2.07. The summed E-state index contributed by atoms with van der Waals surface area (Å²) in [4.78, 5) is 11.6. The van der Waals surface area contributed by atoms with Gasteiger partial charge in [-0.3, -0.25) is 4.79 Å². The van der Waals surface area contributed by atoms with Gasteiger partial charge in [-0.15, -0.1) is 0 Å². The summed E-state index contributed by atoms with van der Waals surface area (Å²) in [5.74, 6) is -0.450. The topological polar surface area (TPSA) is 72.9 Å². The van der Waals surface area contributed by atoms with Crippen molar-refractivity contribution in [3.63, 3.8) is 0 Å². The lowest BCUT2D eigenvalue weighted by atomic mass is 9.82. The van der Waals surface area contributed by atoms with Gasteiger partial charge in [0.05, 0.1) is 11.3 Å². The molecule has 3 aromatic rings. The summed E-state index contributed by atoms with van der Waals surface area (Å²) in [6.45, 7) is 4.59. The Kier molecular flexibility index (Phi) is 3.10. The number of hydrogen-bond acceptors (Lipinski definition) is 3. The van der Waals surface area contributed by atoms with Gasteiger partial charge in [-0.1, -0.05) is 31.2 Å². The normalized spacial score (nSPS) is 27.3. The van der Waals surface area contributed by atoms with Crippen LogP contribution in [0.1, 0.15) is 35.7 Å². The van der Waals surface area contributed by atoms with Crippen LogP contribution in [0.5, 0.6) is 0 Å². The zero-order valence-corrected chi connectivity index (χ0v) is 14.8. The van der Waals surface area contributed by atoms with Crippen LogP contribution in [0.25, 0.3) is 16.6 Å². The Balaban J connectivity index is 1.51. The first kappa shape index (κ1) is 15.6. The predicted octanol–water partition coefficient (Wildman–Crippen LogP) is 2.77. The number of primary amides is 1. The van der Waals surface area contributed by atoms with Gasteiger partial charge in [0.25, 0.3) is 5.91 Å². The number of piperidine rings is 1. The molecule has 2 unspecified atom stereocenters. The molecule has 5 rings (SSSR count). The number of nitrogens with one attached hydrogen (secondary N) is 1. The van der Waals surface area contributed by atoms with Gasteiger partial charge < -0.3 is 11.1 Å². The van der Waals surface area contributed by atoms with Gasteiger partial charge in [0.15, 0.2) is 0 Å². The third-order valence-corrected chi connectivity index (χ3v) is 6.45. The lowest BCUT2D eigenvalue weighted by molar-refractivity contribution is 0.100. The molecule has 132 valence electrons. The molecule has 2 atom stereocenters. The second-order valence-electron chi connectivity index (χ2n) is 7.97. The minimum Gasteiger partial charge on any atom is -0.366 e. The maximum atomic E-state index is 11.6. The van der Waals surface area contributed by atoms with E-state index in [1.807, 2.05) is 23.0 Å². The minimum atomic E-state index is -0.450. The number of rotatable bonds is 3. The summed E-state index contributed by atoms with van der Waals surface area (Å²) in [7, 11) is 0. The van der Waals surface area contributed by atoms with Crippen LogP contribution in [0.15, 0.2) is 48.7 Å². The number of fused-ring (bicyclic) bond motifs is 2. The first-order valence-electron chi connectivity index (χ1n) is 9.12. The number of nitrogens with zero attached hydrogens (tertiary/aromatic N) is 2. The van der Waals surface area contributed by atoms with Gasteiger partial charge in [-0.25, -0.2) is 4.68 Å². The zero-order valence-electron chi connectivity index (χ0n) is 14.8. The summed E-state index contributed by atoms with van der Waals surface area (Å²) in [6.07, 6.45) is 4.41. The van der Waals surface area contributed by atoms with Gasteiger partial charge >= 0.3 is 0 Å². The monoisotopic (exact) mass is 346 g/mol. The predicted molar refractivity (Wildman–Crippen MR) is 101 cm³/mol. The van der Waals surface area contributed by atoms with E-state index in [1.165, 1.54) is 18.4 Å². The molecule has 1 amide bonds. The highest BCUT2D eigenvalue weighted by atomic mass is 16.1. The Labute approximate surface area is 152 Å². The summed E-state index contributed by atoms with van der Waals surface area (Å²) in [5, 5.41) is 9.03. The van der Waals surface area contributed by atoms with E-state index < -0.39 is 5.91 Å². The molecule has 5 nitrogen and oxygen atoms in total. The number of amides is 1. The van der Waals surface area contributed by atoms with E-state index in [0.717, 1.165) is 24.2 Å². The van der Waals surface area contributed by atoms with E-state index in [9.17, 15) is 4.79 Å². The highest BCUT2D eigenvalue weighted by molar-refractivity contribution is 6.04. The molecule has 1 saturated heterocycles. The second kappa shape index (κ2) is 5.17. The van der Waals surface area contributed by atoms with Crippen LogP contribution in [0.3, 0.4) is 0 Å². The standard InChI is InChI=1S/C21H22N4O/c1-20-12-21(20,9-10-23-13-20)15-5-7-16(8-6-15)25-11-14-3-2-4-17(19(22)26)18(14)24-25/h2-8,11,23H,9-10,12-13H2,1H3,(H2,22,26). The quantitative estimate of drug-likeness (QED) is 0.766. The maximum absolute atomic E-state index is 11.6. The van der Waals surface area contributed by atoms with Crippen molar-refractivity contribution in [1.29, 1.82) is 0 Å². The molecule has 1 saturated carbocycles. The van der Waals surface area contributed by atoms with Gasteiger partial charge in [0, 0.05) is 23.5 Å². The van der Waals surface area contributed by atoms with Crippen molar-refractivity contribution in [1.82, 2.24) is 15.1 Å². The molecular formula is C21H22N4O. The van der Waals surface area contributed by atoms with Crippen molar-refractivity contribution >= 4 is 16.8 Å². The summed E-state index contributed by atoms with van der Waals surface area (Å²) in [6, 6.07) is 14.2. The highest BCUT2D eigenvalue weighted by Gasteiger charge is 2.65. The Morgan fingerprint density at radius 1 is 1.23 bits per heavy atom. The van der Waals surface area contributed by atoms with Crippen LogP contribution in [0, 0.1) is 5.41 Å². The molecule has 1 aliphatic heterocycles. The average molecular weight is 346 g/mol. The van der Waals surface area contributed by atoms with Crippen molar-refractivity contribution in [2.75, 3.05) is 13.1 Å². The molecular weight excluding hydrogens is 324 g/mol. The van der Waals surface area contributed by atoms with Crippen LogP contribution in [0.4, 0.5) is 0 Å². The minimum absolute atomic E-state index is 0.338. The smallest absolute Gasteiger partial charge is 0.250 e. The molecule has 0 radical (unpaired) electrons. The number of benzene rings is 2. The average Bonchev–Trinajstić information content (AvgIpc) is 3.07. The maximum Gasteiger partial charge on any atom is 0.250 e. The van der Waals surface area contributed by atoms with Crippen molar-refractivity contribution in [2.24, 2.45) is 11.1 Å². The number of hydrogen-bond donors (Lipinski definition) is 2. The summed E-state index contributed by atoms with van der Waals surface area (Å²) < 4.78 is 1.83. The third-order valence-electron chi connectivity index (χ3n) is 6.45. The molecule has 1 aromatic heterocycles. The van der Waals surface area contributed by atoms with E-state index in [2.05, 4.69) is 41.6 Å². The molecule has 1 aliphatic carbocycles. The fraction of sp³-hybridized carbons (Fsp3) is 0.333. The fourth-order valence-corrected chi connectivity index (χ4v) is 4.81.